The molecule has 0 radical (unpaired) electrons. The molecule has 0 amide bonds. The van der Waals surface area contributed by atoms with E-state index in [9.17, 15) is 8.60 Å². The highest BCUT2D eigenvalue weighted by molar-refractivity contribution is 7.85. The molecule has 2 N–H and O–H groups in total. The highest BCUT2D eigenvalue weighted by atomic mass is 32.2. The van der Waals surface area contributed by atoms with Crippen LogP contribution in [0, 0.1) is 5.82 Å². The summed E-state index contributed by atoms with van der Waals surface area (Å²) in [5.41, 5.74) is 6.53. The number of rotatable bonds is 6. The minimum Gasteiger partial charge on any atom is -0.493 e. The fourth-order valence-electron chi connectivity index (χ4n) is 1.72. The third-order valence-corrected chi connectivity index (χ3v) is 4.05. The third-order valence-electron chi connectivity index (χ3n) is 2.73. The van der Waals surface area contributed by atoms with Crippen LogP contribution in [-0.2, 0) is 17.3 Å². The first-order valence-corrected chi connectivity index (χ1v) is 7.56. The number of hydrogen-bond donors (Lipinski definition) is 1. The summed E-state index contributed by atoms with van der Waals surface area (Å²) in [6, 6.07) is 13.3. The largest absolute Gasteiger partial charge is 0.493 e. The average molecular weight is 293 g/mol. The molecule has 0 aliphatic heterocycles. The molecule has 106 valence electrons. The molecule has 2 rings (SSSR count). The zero-order valence-electron chi connectivity index (χ0n) is 10.9. The number of benzene rings is 2. The van der Waals surface area contributed by atoms with Crippen molar-refractivity contribution in [3.05, 3.63) is 59.9 Å². The van der Waals surface area contributed by atoms with Crippen molar-refractivity contribution in [1.29, 1.82) is 0 Å². The second kappa shape index (κ2) is 7.17. The highest BCUT2D eigenvalue weighted by Gasteiger charge is 2.05. The molecular weight excluding hydrogens is 277 g/mol. The topological polar surface area (TPSA) is 52.3 Å². The van der Waals surface area contributed by atoms with Gasteiger partial charge in [-0.3, -0.25) is 4.21 Å². The van der Waals surface area contributed by atoms with Crippen LogP contribution in [0.2, 0.25) is 0 Å². The molecule has 2 aromatic carbocycles. The van der Waals surface area contributed by atoms with E-state index in [1.807, 2.05) is 24.3 Å². The summed E-state index contributed by atoms with van der Waals surface area (Å²) in [7, 11) is -1.26. The van der Waals surface area contributed by atoms with Gasteiger partial charge >= 0.3 is 0 Å². The maximum atomic E-state index is 13.0. The van der Waals surface area contributed by atoms with Crippen LogP contribution in [0.1, 0.15) is 5.56 Å². The summed E-state index contributed by atoms with van der Waals surface area (Å²) in [6.07, 6.45) is 0. The van der Waals surface area contributed by atoms with Crippen LogP contribution in [-0.4, -0.2) is 16.6 Å². The van der Waals surface area contributed by atoms with Crippen LogP contribution in [0.15, 0.2) is 53.4 Å². The Bertz CT molecular complexity index is 604. The number of hydrogen-bond acceptors (Lipinski definition) is 3. The van der Waals surface area contributed by atoms with Crippen LogP contribution in [0.3, 0.4) is 0 Å². The van der Waals surface area contributed by atoms with Gasteiger partial charge in [-0.05, 0) is 35.9 Å². The molecule has 0 fully saturated rings. The smallest absolute Gasteiger partial charge is 0.124 e. The van der Waals surface area contributed by atoms with Crippen LogP contribution in [0.5, 0.6) is 5.75 Å². The molecule has 0 saturated heterocycles. The fourth-order valence-corrected chi connectivity index (χ4v) is 2.67. The van der Waals surface area contributed by atoms with Crippen LogP contribution in [0.25, 0.3) is 0 Å². The molecule has 0 spiro atoms. The first-order chi connectivity index (χ1) is 9.69. The van der Waals surface area contributed by atoms with E-state index in [1.165, 1.54) is 12.1 Å². The Labute approximate surface area is 120 Å². The molecule has 20 heavy (non-hydrogen) atoms. The second-order valence-corrected chi connectivity index (χ2v) is 5.78. The van der Waals surface area contributed by atoms with Gasteiger partial charge in [0, 0.05) is 11.4 Å². The molecule has 0 aromatic heterocycles. The van der Waals surface area contributed by atoms with Gasteiger partial charge in [-0.15, -0.1) is 0 Å². The SMILES string of the molecule is NCc1cccc(OCCS(=O)c2cccc(F)c2)c1. The summed E-state index contributed by atoms with van der Waals surface area (Å²) < 4.78 is 30.5. The van der Waals surface area contributed by atoms with Gasteiger partial charge in [-0.1, -0.05) is 18.2 Å². The van der Waals surface area contributed by atoms with Gasteiger partial charge in [-0.25, -0.2) is 4.39 Å². The van der Waals surface area contributed by atoms with Crippen molar-refractivity contribution in [3.8, 4) is 5.75 Å². The van der Waals surface area contributed by atoms with Gasteiger partial charge in [0.25, 0.3) is 0 Å². The Morgan fingerprint density at radius 2 is 1.95 bits per heavy atom. The summed E-state index contributed by atoms with van der Waals surface area (Å²) in [6.45, 7) is 0.754. The molecule has 1 atom stereocenters. The standard InChI is InChI=1S/C15H16FNO2S/c16-13-4-2-6-15(10-13)20(18)8-7-19-14-5-1-3-12(9-14)11-17/h1-6,9-10H,7-8,11,17H2. The minimum absolute atomic E-state index is 0.303. The zero-order chi connectivity index (χ0) is 14.4. The first kappa shape index (κ1) is 14.7. The lowest BCUT2D eigenvalue weighted by atomic mass is 10.2. The maximum Gasteiger partial charge on any atom is 0.124 e. The Balaban J connectivity index is 1.88. The Morgan fingerprint density at radius 1 is 1.15 bits per heavy atom. The van der Waals surface area contributed by atoms with Gasteiger partial charge in [0.15, 0.2) is 0 Å². The number of ether oxygens (including phenoxy) is 1. The highest BCUT2D eigenvalue weighted by Crippen LogP contribution is 2.13. The molecule has 2 aromatic rings. The van der Waals surface area contributed by atoms with Crippen molar-refractivity contribution in [2.75, 3.05) is 12.4 Å². The lowest BCUT2D eigenvalue weighted by Gasteiger charge is -2.07. The van der Waals surface area contributed by atoms with E-state index in [0.717, 1.165) is 5.56 Å². The van der Waals surface area contributed by atoms with E-state index in [2.05, 4.69) is 0 Å². The molecule has 0 aliphatic rings. The van der Waals surface area contributed by atoms with Crippen molar-refractivity contribution < 1.29 is 13.3 Å². The van der Waals surface area contributed by atoms with E-state index in [0.29, 0.717) is 29.5 Å². The Morgan fingerprint density at radius 3 is 2.70 bits per heavy atom. The molecule has 0 heterocycles. The van der Waals surface area contributed by atoms with Gasteiger partial charge < -0.3 is 10.5 Å². The van der Waals surface area contributed by atoms with E-state index >= 15 is 0 Å². The Kier molecular flexibility index (Phi) is 5.26. The predicted molar refractivity (Wildman–Crippen MR) is 77.5 cm³/mol. The zero-order valence-corrected chi connectivity index (χ0v) is 11.7. The van der Waals surface area contributed by atoms with Crippen LogP contribution < -0.4 is 10.5 Å². The summed E-state index contributed by atoms with van der Waals surface area (Å²) in [5.74, 6) is 0.632. The average Bonchev–Trinajstić information content (AvgIpc) is 2.47. The van der Waals surface area contributed by atoms with Crippen LogP contribution in [0.4, 0.5) is 4.39 Å². The van der Waals surface area contributed by atoms with E-state index in [1.54, 1.807) is 12.1 Å². The van der Waals surface area contributed by atoms with E-state index in [4.69, 9.17) is 10.5 Å². The van der Waals surface area contributed by atoms with Gasteiger partial charge in [-0.2, -0.15) is 0 Å². The quantitative estimate of drug-likeness (QED) is 0.890. The van der Waals surface area contributed by atoms with Crippen molar-refractivity contribution in [1.82, 2.24) is 0 Å². The number of nitrogens with two attached hydrogens (primary N) is 1. The molecule has 3 nitrogen and oxygen atoms in total. The lowest BCUT2D eigenvalue weighted by molar-refractivity contribution is 0.342. The van der Waals surface area contributed by atoms with Crippen molar-refractivity contribution in [2.45, 2.75) is 11.4 Å². The third kappa shape index (κ3) is 4.15. The van der Waals surface area contributed by atoms with Crippen molar-refractivity contribution in [3.63, 3.8) is 0 Å². The van der Waals surface area contributed by atoms with Crippen molar-refractivity contribution >= 4 is 10.8 Å². The number of halogens is 1. The van der Waals surface area contributed by atoms with E-state index < -0.39 is 10.8 Å². The molecule has 0 bridgehead atoms. The lowest BCUT2D eigenvalue weighted by Crippen LogP contribution is -2.09. The van der Waals surface area contributed by atoms with Gasteiger partial charge in [0.2, 0.25) is 0 Å². The second-order valence-electron chi connectivity index (χ2n) is 4.21. The monoisotopic (exact) mass is 293 g/mol. The fraction of sp³-hybridized carbons (Fsp3) is 0.200. The Hall–Kier alpha value is -1.72. The molecule has 0 aliphatic carbocycles. The maximum absolute atomic E-state index is 13.0. The normalized spacial score (nSPS) is 12.1. The minimum atomic E-state index is -1.26. The summed E-state index contributed by atoms with van der Waals surface area (Å²) in [5, 5.41) is 0. The first-order valence-electron chi connectivity index (χ1n) is 6.25. The van der Waals surface area contributed by atoms with E-state index in [-0.39, 0.29) is 5.82 Å². The van der Waals surface area contributed by atoms with Gasteiger partial charge in [0.1, 0.15) is 18.2 Å². The van der Waals surface area contributed by atoms with Crippen molar-refractivity contribution in [2.24, 2.45) is 5.73 Å². The molecular formula is C15H16FNO2S. The molecule has 1 unspecified atom stereocenters. The van der Waals surface area contributed by atoms with Crippen LogP contribution >= 0.6 is 0 Å². The predicted octanol–water partition coefficient (Wildman–Crippen LogP) is 2.47. The molecule has 5 heteroatoms. The van der Waals surface area contributed by atoms with Gasteiger partial charge in [0.05, 0.1) is 16.6 Å². The molecule has 0 saturated carbocycles. The summed E-state index contributed by atoms with van der Waals surface area (Å²) >= 11 is 0. The summed E-state index contributed by atoms with van der Waals surface area (Å²) in [4.78, 5) is 0.476.